The summed E-state index contributed by atoms with van der Waals surface area (Å²) in [4.78, 5) is 0. The average Bonchev–Trinajstić information content (AvgIpc) is 2.19. The summed E-state index contributed by atoms with van der Waals surface area (Å²) in [5, 5.41) is 0. The molecular formula is C10H13F3N2O2S. The molecule has 0 aliphatic carbocycles. The van der Waals surface area contributed by atoms with Gasteiger partial charge in [0.15, 0.2) is 0 Å². The minimum Gasteiger partial charge on any atom is -0.271 e. The van der Waals surface area contributed by atoms with E-state index >= 15 is 0 Å². The summed E-state index contributed by atoms with van der Waals surface area (Å²) in [6.45, 7) is 1.52. The molecule has 0 spiro atoms. The summed E-state index contributed by atoms with van der Waals surface area (Å²) in [5.74, 6) is 0. The van der Waals surface area contributed by atoms with Crippen molar-refractivity contribution < 1.29 is 21.6 Å². The summed E-state index contributed by atoms with van der Waals surface area (Å²) in [6.07, 6.45) is -4.51. The maximum absolute atomic E-state index is 12.5. The fourth-order valence-electron chi connectivity index (χ4n) is 1.14. The van der Waals surface area contributed by atoms with Gasteiger partial charge >= 0.3 is 16.4 Å². The highest BCUT2D eigenvalue weighted by Gasteiger charge is 2.31. The lowest BCUT2D eigenvalue weighted by molar-refractivity contribution is -0.137. The number of hydrogen-bond acceptors (Lipinski definition) is 2. The predicted octanol–water partition coefficient (Wildman–Crippen LogP) is 2.23. The van der Waals surface area contributed by atoms with Crippen LogP contribution in [0.25, 0.3) is 0 Å². The molecule has 0 saturated carbocycles. The molecular weight excluding hydrogens is 269 g/mol. The Hall–Kier alpha value is -1.28. The number of hydrogen-bond donors (Lipinski definition) is 1. The van der Waals surface area contributed by atoms with Crippen molar-refractivity contribution in [1.29, 1.82) is 0 Å². The lowest BCUT2D eigenvalue weighted by Crippen LogP contribution is -2.29. The van der Waals surface area contributed by atoms with Crippen LogP contribution in [-0.4, -0.2) is 26.8 Å². The second kappa shape index (κ2) is 4.77. The van der Waals surface area contributed by atoms with Crippen molar-refractivity contribution >= 4 is 15.9 Å². The predicted molar refractivity (Wildman–Crippen MR) is 62.4 cm³/mol. The summed E-state index contributed by atoms with van der Waals surface area (Å²) >= 11 is 0. The van der Waals surface area contributed by atoms with E-state index in [1.807, 2.05) is 0 Å². The van der Waals surface area contributed by atoms with Gasteiger partial charge < -0.3 is 0 Å². The fraction of sp³-hybridized carbons (Fsp3) is 0.400. The van der Waals surface area contributed by atoms with Crippen LogP contribution in [-0.2, 0) is 16.4 Å². The lowest BCUT2D eigenvalue weighted by Gasteiger charge is -2.16. The monoisotopic (exact) mass is 282 g/mol. The zero-order valence-electron chi connectivity index (χ0n) is 10.0. The highest BCUT2D eigenvalue weighted by atomic mass is 32.2. The number of nitrogens with zero attached hydrogens (tertiary/aromatic N) is 1. The van der Waals surface area contributed by atoms with Gasteiger partial charge in [0.25, 0.3) is 0 Å². The van der Waals surface area contributed by atoms with Crippen molar-refractivity contribution in [3.05, 3.63) is 29.3 Å². The molecule has 0 saturated heterocycles. The first-order chi connectivity index (χ1) is 8.04. The number of rotatable bonds is 3. The molecule has 1 N–H and O–H groups in total. The lowest BCUT2D eigenvalue weighted by atomic mass is 10.1. The van der Waals surface area contributed by atoms with Crippen LogP contribution in [0.2, 0.25) is 0 Å². The highest BCUT2D eigenvalue weighted by molar-refractivity contribution is 7.90. The third-order valence-corrected chi connectivity index (χ3v) is 3.72. The van der Waals surface area contributed by atoms with Crippen molar-refractivity contribution in [2.24, 2.45) is 0 Å². The van der Waals surface area contributed by atoms with Crippen LogP contribution in [0.15, 0.2) is 18.2 Å². The number of nitrogens with one attached hydrogen (secondary N) is 1. The van der Waals surface area contributed by atoms with Gasteiger partial charge in [-0.2, -0.15) is 25.9 Å². The average molecular weight is 282 g/mol. The molecule has 0 heterocycles. The minimum atomic E-state index is -4.51. The summed E-state index contributed by atoms with van der Waals surface area (Å²) in [5.41, 5.74) is -0.573. The molecule has 0 fully saturated rings. The van der Waals surface area contributed by atoms with E-state index in [9.17, 15) is 21.6 Å². The molecule has 0 aliphatic rings. The molecule has 8 heteroatoms. The van der Waals surface area contributed by atoms with Crippen LogP contribution < -0.4 is 4.72 Å². The molecule has 1 rings (SSSR count). The van der Waals surface area contributed by atoms with Crippen LogP contribution in [0, 0.1) is 6.92 Å². The van der Waals surface area contributed by atoms with Crippen LogP contribution in [0.3, 0.4) is 0 Å². The van der Waals surface area contributed by atoms with Crippen molar-refractivity contribution in [3.8, 4) is 0 Å². The molecule has 0 aromatic heterocycles. The van der Waals surface area contributed by atoms with Gasteiger partial charge in [0.2, 0.25) is 0 Å². The number of alkyl halides is 3. The number of aryl methyl sites for hydroxylation is 1. The normalized spacial score (nSPS) is 12.8. The van der Waals surface area contributed by atoms with Crippen molar-refractivity contribution in [1.82, 2.24) is 4.31 Å². The van der Waals surface area contributed by atoms with Gasteiger partial charge in [-0.05, 0) is 24.6 Å². The van der Waals surface area contributed by atoms with E-state index < -0.39 is 21.9 Å². The van der Waals surface area contributed by atoms with E-state index in [0.717, 1.165) is 16.4 Å². The first-order valence-corrected chi connectivity index (χ1v) is 6.36. The minimum absolute atomic E-state index is 0.0847. The van der Waals surface area contributed by atoms with Crippen molar-refractivity contribution in [3.63, 3.8) is 0 Å². The summed E-state index contributed by atoms with van der Waals surface area (Å²) < 4.78 is 63.6. The molecule has 1 aromatic carbocycles. The fourth-order valence-corrected chi connectivity index (χ4v) is 1.82. The summed E-state index contributed by atoms with van der Waals surface area (Å²) in [7, 11) is -1.25. The molecule has 4 nitrogen and oxygen atoms in total. The number of anilines is 1. The Balaban J connectivity index is 3.18. The molecule has 0 radical (unpaired) electrons. The largest absolute Gasteiger partial charge is 0.416 e. The zero-order chi connectivity index (χ0) is 14.1. The molecule has 102 valence electrons. The zero-order valence-corrected chi connectivity index (χ0v) is 10.9. The van der Waals surface area contributed by atoms with Gasteiger partial charge in [-0.15, -0.1) is 0 Å². The van der Waals surface area contributed by atoms with Crippen LogP contribution in [0.1, 0.15) is 11.1 Å². The van der Waals surface area contributed by atoms with Gasteiger partial charge in [-0.3, -0.25) is 4.72 Å². The van der Waals surface area contributed by atoms with E-state index in [2.05, 4.69) is 4.72 Å². The molecule has 0 aliphatic heterocycles. The quantitative estimate of drug-likeness (QED) is 0.924. The standard InChI is InChI=1S/C10H13F3N2O2S/c1-7-4-5-8(10(11,12)13)6-9(7)14-18(16,17)15(2)3/h4-6,14H,1-3H3. The van der Waals surface area contributed by atoms with E-state index in [1.165, 1.54) is 27.1 Å². The Labute approximate surface area is 104 Å². The third-order valence-electron chi connectivity index (χ3n) is 2.28. The third kappa shape index (κ3) is 3.36. The van der Waals surface area contributed by atoms with Gasteiger partial charge in [0.05, 0.1) is 11.3 Å². The van der Waals surface area contributed by atoms with Crippen molar-refractivity contribution in [2.45, 2.75) is 13.1 Å². The highest BCUT2D eigenvalue weighted by Crippen LogP contribution is 2.32. The molecule has 18 heavy (non-hydrogen) atoms. The van der Waals surface area contributed by atoms with Crippen LogP contribution in [0.5, 0.6) is 0 Å². The van der Waals surface area contributed by atoms with Gasteiger partial charge in [-0.1, -0.05) is 6.07 Å². The Morgan fingerprint density at radius 2 is 1.78 bits per heavy atom. The second-order valence-corrected chi connectivity index (χ2v) is 5.80. The summed E-state index contributed by atoms with van der Waals surface area (Å²) in [6, 6.07) is 2.90. The van der Waals surface area contributed by atoms with E-state index in [4.69, 9.17) is 0 Å². The van der Waals surface area contributed by atoms with Crippen LogP contribution >= 0.6 is 0 Å². The molecule has 0 unspecified atom stereocenters. The maximum atomic E-state index is 12.5. The molecule has 0 atom stereocenters. The number of halogens is 3. The van der Waals surface area contributed by atoms with E-state index in [0.29, 0.717) is 5.56 Å². The van der Waals surface area contributed by atoms with Gasteiger partial charge in [-0.25, -0.2) is 0 Å². The Kier molecular flexibility index (Phi) is 3.92. The van der Waals surface area contributed by atoms with Crippen molar-refractivity contribution in [2.75, 3.05) is 18.8 Å². The molecule has 0 amide bonds. The SMILES string of the molecule is Cc1ccc(C(F)(F)F)cc1NS(=O)(=O)N(C)C. The van der Waals surface area contributed by atoms with Gasteiger partial charge in [0, 0.05) is 14.1 Å². The first-order valence-electron chi connectivity index (χ1n) is 4.92. The topological polar surface area (TPSA) is 49.4 Å². The van der Waals surface area contributed by atoms with E-state index in [1.54, 1.807) is 0 Å². The first kappa shape index (κ1) is 14.8. The van der Waals surface area contributed by atoms with Gasteiger partial charge in [0.1, 0.15) is 0 Å². The number of benzene rings is 1. The Morgan fingerprint density at radius 3 is 2.22 bits per heavy atom. The molecule has 0 bridgehead atoms. The van der Waals surface area contributed by atoms with Crippen LogP contribution in [0.4, 0.5) is 18.9 Å². The Morgan fingerprint density at radius 1 is 1.22 bits per heavy atom. The Bertz CT molecular complexity index is 539. The maximum Gasteiger partial charge on any atom is 0.416 e. The van der Waals surface area contributed by atoms with E-state index in [-0.39, 0.29) is 5.69 Å². The molecule has 1 aromatic rings. The smallest absolute Gasteiger partial charge is 0.271 e. The second-order valence-electron chi connectivity index (χ2n) is 3.92.